The minimum atomic E-state index is -2.56. The summed E-state index contributed by atoms with van der Waals surface area (Å²) in [5.41, 5.74) is 1.56. The van der Waals surface area contributed by atoms with Crippen LogP contribution in [-0.4, -0.2) is 25.0 Å². The number of halogens is 3. The fourth-order valence-corrected chi connectivity index (χ4v) is 2.06. The first-order chi connectivity index (χ1) is 9.93. The van der Waals surface area contributed by atoms with Gasteiger partial charge in [-0.25, -0.2) is 13.2 Å². The molecule has 1 aromatic rings. The molecule has 2 nitrogen and oxygen atoms in total. The maximum atomic E-state index is 14.2. The average molecular weight is 383 g/mol. The number of benzene rings is 1. The van der Waals surface area contributed by atoms with E-state index in [-0.39, 0.29) is 44.0 Å². The number of rotatable bonds is 4. The van der Waals surface area contributed by atoms with E-state index in [4.69, 9.17) is 4.74 Å². The van der Waals surface area contributed by atoms with E-state index in [0.717, 1.165) is 0 Å². The van der Waals surface area contributed by atoms with Crippen LogP contribution in [0.3, 0.4) is 0 Å². The van der Waals surface area contributed by atoms with Crippen LogP contribution in [0.25, 0.3) is 5.70 Å². The smallest absolute Gasteiger partial charge is 0.256 e. The molecule has 0 amide bonds. The van der Waals surface area contributed by atoms with Crippen molar-refractivity contribution in [2.24, 2.45) is 0 Å². The average Bonchev–Trinajstić information content (AvgIpc) is 2.44. The Balaban J connectivity index is 0.00000242. The third kappa shape index (κ3) is 4.02. The zero-order valence-corrected chi connectivity index (χ0v) is 15.2. The van der Waals surface area contributed by atoms with Gasteiger partial charge in [0.2, 0.25) is 0 Å². The van der Waals surface area contributed by atoms with Gasteiger partial charge in [0.25, 0.3) is 6.43 Å². The van der Waals surface area contributed by atoms with Crippen molar-refractivity contribution in [3.05, 3.63) is 59.6 Å². The van der Waals surface area contributed by atoms with Crippen molar-refractivity contribution in [2.45, 2.75) is 13.3 Å². The van der Waals surface area contributed by atoms with E-state index in [1.165, 1.54) is 24.1 Å². The summed E-state index contributed by atoms with van der Waals surface area (Å²) in [6.07, 6.45) is 1.91. The monoisotopic (exact) mass is 383 g/mol. The van der Waals surface area contributed by atoms with Crippen molar-refractivity contribution in [1.29, 1.82) is 0 Å². The van der Waals surface area contributed by atoms with E-state index in [0.29, 0.717) is 17.0 Å². The molecule has 2 rings (SSSR count). The van der Waals surface area contributed by atoms with Gasteiger partial charge in [-0.1, -0.05) is 24.8 Å². The molecule has 1 aromatic carbocycles. The molecule has 1 radical (unpaired) electrons. The standard InChI is InChI=1S/C16H15F3NO.Y/c1-10-4-7-15(20(11(10)2)9-16(18)19)13-6-5-12(21-3)8-14(13)17;/h4-6,8,16H,2,9H2,1,3H3;/q-1;. The van der Waals surface area contributed by atoms with Crippen LogP contribution in [0.2, 0.25) is 0 Å². The molecule has 1 heterocycles. The van der Waals surface area contributed by atoms with Crippen LogP contribution >= 0.6 is 0 Å². The first kappa shape index (κ1) is 19.0. The van der Waals surface area contributed by atoms with Crippen LogP contribution in [-0.2, 0) is 32.7 Å². The molecule has 0 atom stereocenters. The van der Waals surface area contributed by atoms with Crippen LogP contribution in [0.1, 0.15) is 12.5 Å². The largest absolute Gasteiger partial charge is 0.497 e. The topological polar surface area (TPSA) is 12.5 Å². The van der Waals surface area contributed by atoms with Crippen molar-refractivity contribution >= 4 is 5.70 Å². The van der Waals surface area contributed by atoms with Gasteiger partial charge in [-0.3, -0.25) is 0 Å². The normalized spacial score (nSPS) is 14.5. The second kappa shape index (κ2) is 7.98. The Bertz CT molecular complexity index is 626. The number of nitrogens with zero attached hydrogens (tertiary/aromatic N) is 1. The molecule has 1 aliphatic heterocycles. The summed E-state index contributed by atoms with van der Waals surface area (Å²) < 4.78 is 44.6. The Kier molecular flexibility index (Phi) is 6.88. The first-order valence-corrected chi connectivity index (χ1v) is 6.33. The molecule has 0 fully saturated rings. The van der Waals surface area contributed by atoms with Gasteiger partial charge in [-0.15, -0.1) is 11.6 Å². The van der Waals surface area contributed by atoms with Crippen molar-refractivity contribution in [3.63, 3.8) is 0 Å². The first-order valence-electron chi connectivity index (χ1n) is 6.33. The fraction of sp³-hybridized carbons (Fsp3) is 0.250. The predicted molar refractivity (Wildman–Crippen MR) is 75.2 cm³/mol. The number of hydrogen-bond acceptors (Lipinski definition) is 2. The van der Waals surface area contributed by atoms with E-state index in [1.54, 1.807) is 19.1 Å². The molecule has 0 N–H and O–H groups in total. The Labute approximate surface area is 153 Å². The zero-order valence-electron chi connectivity index (χ0n) is 12.4. The van der Waals surface area contributed by atoms with Gasteiger partial charge < -0.3 is 9.64 Å². The molecule has 0 aliphatic carbocycles. The van der Waals surface area contributed by atoms with Gasteiger partial charge in [-0.05, 0) is 11.8 Å². The maximum absolute atomic E-state index is 14.2. The molecule has 115 valence electrons. The second-order valence-corrected chi connectivity index (χ2v) is 4.61. The summed E-state index contributed by atoms with van der Waals surface area (Å²) in [7, 11) is 1.43. The van der Waals surface area contributed by atoms with Gasteiger partial charge >= 0.3 is 0 Å². The van der Waals surface area contributed by atoms with Gasteiger partial charge in [0.05, 0.1) is 19.5 Å². The number of ether oxygens (including phenoxy) is 1. The molecule has 1 aliphatic rings. The molecule has 6 heteroatoms. The van der Waals surface area contributed by atoms with E-state index < -0.39 is 18.8 Å². The number of alkyl halides is 2. The Hall–Kier alpha value is -1.07. The summed E-state index contributed by atoms with van der Waals surface area (Å²) >= 11 is 0. The summed E-state index contributed by atoms with van der Waals surface area (Å²) in [6.45, 7) is 4.97. The molecule has 0 unspecified atom stereocenters. The van der Waals surface area contributed by atoms with Crippen LogP contribution in [0, 0.1) is 11.9 Å². The van der Waals surface area contributed by atoms with Crippen molar-refractivity contribution < 1.29 is 50.6 Å². The molecule has 22 heavy (non-hydrogen) atoms. The fourth-order valence-electron chi connectivity index (χ4n) is 2.06. The van der Waals surface area contributed by atoms with E-state index >= 15 is 0 Å². The van der Waals surface area contributed by atoms with Gasteiger partial charge in [-0.2, -0.15) is 12.2 Å². The zero-order chi connectivity index (χ0) is 15.6. The van der Waals surface area contributed by atoms with E-state index in [1.807, 2.05) is 0 Å². The molecule has 0 saturated heterocycles. The van der Waals surface area contributed by atoms with Crippen molar-refractivity contribution in [1.82, 2.24) is 4.90 Å². The molecule has 0 saturated carbocycles. The van der Waals surface area contributed by atoms with E-state index in [9.17, 15) is 13.2 Å². The Morgan fingerprint density at radius 3 is 2.59 bits per heavy atom. The van der Waals surface area contributed by atoms with Crippen LogP contribution in [0.5, 0.6) is 5.75 Å². The molecule has 0 aromatic heterocycles. The second-order valence-electron chi connectivity index (χ2n) is 4.61. The van der Waals surface area contributed by atoms with Crippen LogP contribution < -0.4 is 4.74 Å². The summed E-state index contributed by atoms with van der Waals surface area (Å²) in [5, 5.41) is 0. The van der Waals surface area contributed by atoms with Crippen molar-refractivity contribution in [3.8, 4) is 5.75 Å². The Morgan fingerprint density at radius 2 is 2.05 bits per heavy atom. The number of methoxy groups -OCH3 is 1. The maximum Gasteiger partial charge on any atom is 0.256 e. The van der Waals surface area contributed by atoms with Gasteiger partial charge in [0, 0.05) is 38.8 Å². The third-order valence-corrected chi connectivity index (χ3v) is 3.23. The van der Waals surface area contributed by atoms with Crippen LogP contribution in [0.4, 0.5) is 13.2 Å². The SMILES string of the molecule is C=C1C(C)=C[C-]=C(c2ccc(OC)cc2F)N1CC(F)F.[Y]. The molecular weight excluding hydrogens is 368 g/mol. The molecule has 0 bridgehead atoms. The minimum Gasteiger partial charge on any atom is -0.497 e. The number of allylic oxidation sites excluding steroid dienone is 3. The molecular formula is C16H15F3NOY-. The predicted octanol–water partition coefficient (Wildman–Crippen LogP) is 4.02. The number of hydrogen-bond donors (Lipinski definition) is 0. The van der Waals surface area contributed by atoms with Gasteiger partial charge in [0.15, 0.2) is 0 Å². The quantitative estimate of drug-likeness (QED) is 0.729. The summed E-state index contributed by atoms with van der Waals surface area (Å²) in [5.74, 6) is -0.199. The summed E-state index contributed by atoms with van der Waals surface area (Å²) in [6, 6.07) is 4.26. The van der Waals surface area contributed by atoms with E-state index in [2.05, 4.69) is 12.7 Å². The summed E-state index contributed by atoms with van der Waals surface area (Å²) in [4.78, 5) is 1.28. The minimum absolute atomic E-state index is 0. The third-order valence-electron chi connectivity index (χ3n) is 3.23. The van der Waals surface area contributed by atoms with Crippen molar-refractivity contribution in [2.75, 3.05) is 13.7 Å². The molecule has 0 spiro atoms. The van der Waals surface area contributed by atoms with Crippen LogP contribution in [0.15, 0.2) is 42.1 Å². The van der Waals surface area contributed by atoms with Gasteiger partial charge in [0.1, 0.15) is 5.75 Å². The Morgan fingerprint density at radius 1 is 1.36 bits per heavy atom.